The van der Waals surface area contributed by atoms with E-state index in [0.29, 0.717) is 11.3 Å². The Balaban J connectivity index is 2.22. The summed E-state index contributed by atoms with van der Waals surface area (Å²) < 4.78 is 0. The van der Waals surface area contributed by atoms with Gasteiger partial charge in [0.2, 0.25) is 0 Å². The van der Waals surface area contributed by atoms with E-state index in [1.165, 1.54) is 30.6 Å². The fourth-order valence-electron chi connectivity index (χ4n) is 1.54. The van der Waals surface area contributed by atoms with Gasteiger partial charge in [-0.3, -0.25) is 19.9 Å². The van der Waals surface area contributed by atoms with Crippen LogP contribution in [-0.2, 0) is 0 Å². The minimum absolute atomic E-state index is 0.0388. The van der Waals surface area contributed by atoms with Gasteiger partial charge < -0.3 is 5.32 Å². The fraction of sp³-hybridized carbons (Fsp3) is 0.0833. The molecule has 0 unspecified atom stereocenters. The van der Waals surface area contributed by atoms with E-state index < -0.39 is 10.8 Å². The molecule has 1 heterocycles. The van der Waals surface area contributed by atoms with Gasteiger partial charge >= 0.3 is 0 Å². The molecule has 0 fully saturated rings. The lowest BCUT2D eigenvalue weighted by Gasteiger charge is -2.07. The van der Waals surface area contributed by atoms with Gasteiger partial charge in [-0.2, -0.15) is 0 Å². The van der Waals surface area contributed by atoms with E-state index >= 15 is 0 Å². The molecule has 0 aliphatic rings. The highest BCUT2D eigenvalue weighted by Gasteiger charge is 2.12. The molecule has 0 atom stereocenters. The van der Waals surface area contributed by atoms with Crippen molar-refractivity contribution in [2.45, 2.75) is 6.92 Å². The van der Waals surface area contributed by atoms with E-state index in [2.05, 4.69) is 15.3 Å². The number of carbonyl (C=O) groups is 1. The van der Waals surface area contributed by atoms with E-state index in [1.807, 2.05) is 0 Å². The van der Waals surface area contributed by atoms with Crippen LogP contribution in [0.3, 0.4) is 0 Å². The Morgan fingerprint density at radius 3 is 2.75 bits per heavy atom. The first-order valence-corrected chi connectivity index (χ1v) is 5.89. The van der Waals surface area contributed by atoms with Gasteiger partial charge in [0.05, 0.1) is 17.3 Å². The second-order valence-electron chi connectivity index (χ2n) is 3.94. The summed E-state index contributed by atoms with van der Waals surface area (Å²) in [6.07, 6.45) is 2.59. The number of aryl methyl sites for hydroxylation is 1. The number of non-ortho nitro benzene ring substituents is 1. The van der Waals surface area contributed by atoms with Crippen LogP contribution in [0.2, 0.25) is 5.15 Å². The second kappa shape index (κ2) is 5.62. The molecule has 0 radical (unpaired) electrons. The van der Waals surface area contributed by atoms with Crippen molar-refractivity contribution in [1.82, 2.24) is 9.97 Å². The Kier molecular flexibility index (Phi) is 3.90. The largest absolute Gasteiger partial charge is 0.320 e. The minimum Gasteiger partial charge on any atom is -0.320 e. The van der Waals surface area contributed by atoms with Crippen LogP contribution < -0.4 is 5.32 Å². The Morgan fingerprint density at radius 1 is 1.40 bits per heavy atom. The van der Waals surface area contributed by atoms with E-state index in [4.69, 9.17) is 11.6 Å². The summed E-state index contributed by atoms with van der Waals surface area (Å²) in [7, 11) is 0. The van der Waals surface area contributed by atoms with Crippen LogP contribution in [-0.4, -0.2) is 20.8 Å². The lowest BCUT2D eigenvalue weighted by molar-refractivity contribution is -0.384. The van der Waals surface area contributed by atoms with Gasteiger partial charge in [-0.15, -0.1) is 0 Å². The highest BCUT2D eigenvalue weighted by molar-refractivity contribution is 6.29. The third-order valence-corrected chi connectivity index (χ3v) is 2.69. The lowest BCUT2D eigenvalue weighted by Crippen LogP contribution is -2.14. The first-order chi connectivity index (χ1) is 9.47. The van der Waals surface area contributed by atoms with Crippen molar-refractivity contribution < 1.29 is 9.72 Å². The number of nitro groups is 1. The Hall–Kier alpha value is -2.54. The molecule has 1 N–H and O–H groups in total. The van der Waals surface area contributed by atoms with E-state index in [0.717, 1.165) is 0 Å². The first-order valence-electron chi connectivity index (χ1n) is 5.51. The molecule has 1 amide bonds. The molecule has 2 rings (SSSR count). The normalized spacial score (nSPS) is 10.1. The number of halogens is 1. The van der Waals surface area contributed by atoms with Crippen LogP contribution in [0.5, 0.6) is 0 Å². The molecule has 1 aromatic heterocycles. The molecule has 0 aliphatic carbocycles. The van der Waals surface area contributed by atoms with Crippen molar-refractivity contribution in [3.8, 4) is 0 Å². The number of benzene rings is 1. The topological polar surface area (TPSA) is 98.0 Å². The average Bonchev–Trinajstić information content (AvgIpc) is 2.40. The molecule has 0 spiro atoms. The van der Waals surface area contributed by atoms with Crippen molar-refractivity contribution >= 4 is 28.9 Å². The Bertz CT molecular complexity index is 690. The van der Waals surface area contributed by atoms with Crippen LogP contribution in [0.1, 0.15) is 16.1 Å². The molecule has 7 nitrogen and oxygen atoms in total. The predicted molar refractivity (Wildman–Crippen MR) is 72.8 cm³/mol. The maximum Gasteiger partial charge on any atom is 0.275 e. The standard InChI is InChI=1S/C12H9ClN4O3/c1-7-4-8(17(19)20)2-3-9(7)16-12(18)10-5-14-6-11(13)15-10/h2-6H,1H3,(H,16,18). The smallest absolute Gasteiger partial charge is 0.275 e. The van der Waals surface area contributed by atoms with Crippen molar-refractivity contribution in [2.75, 3.05) is 5.32 Å². The van der Waals surface area contributed by atoms with Gasteiger partial charge in [0, 0.05) is 17.8 Å². The molecule has 8 heteroatoms. The number of amides is 1. The highest BCUT2D eigenvalue weighted by Crippen LogP contribution is 2.21. The number of nitro benzene ring substituents is 1. The van der Waals surface area contributed by atoms with E-state index in [-0.39, 0.29) is 16.5 Å². The number of hydrogen-bond acceptors (Lipinski definition) is 5. The summed E-state index contributed by atoms with van der Waals surface area (Å²) in [6, 6.07) is 4.15. The zero-order chi connectivity index (χ0) is 14.7. The quantitative estimate of drug-likeness (QED) is 0.692. The number of carbonyl (C=O) groups excluding carboxylic acids is 1. The number of rotatable bonds is 3. The number of nitrogens with zero attached hydrogens (tertiary/aromatic N) is 3. The number of aromatic nitrogens is 2. The van der Waals surface area contributed by atoms with Crippen molar-refractivity contribution in [3.63, 3.8) is 0 Å². The number of anilines is 1. The van der Waals surface area contributed by atoms with Gasteiger partial charge in [0.1, 0.15) is 10.8 Å². The first kappa shape index (κ1) is 13.9. The highest BCUT2D eigenvalue weighted by atomic mass is 35.5. The third kappa shape index (κ3) is 3.07. The van der Waals surface area contributed by atoms with E-state index in [1.54, 1.807) is 6.92 Å². The maximum absolute atomic E-state index is 11.9. The van der Waals surface area contributed by atoms with Crippen LogP contribution in [0, 0.1) is 17.0 Å². The average molecular weight is 293 g/mol. The summed E-state index contributed by atoms with van der Waals surface area (Å²) >= 11 is 5.65. The molecular formula is C12H9ClN4O3. The van der Waals surface area contributed by atoms with Crippen LogP contribution in [0.4, 0.5) is 11.4 Å². The Labute approximate surface area is 118 Å². The minimum atomic E-state index is -0.499. The predicted octanol–water partition coefficient (Wildman–Crippen LogP) is 2.60. The van der Waals surface area contributed by atoms with Crippen molar-refractivity contribution in [1.29, 1.82) is 0 Å². The molecule has 20 heavy (non-hydrogen) atoms. The molecule has 1 aromatic carbocycles. The molecule has 2 aromatic rings. The zero-order valence-corrected chi connectivity index (χ0v) is 11.1. The summed E-state index contributed by atoms with van der Waals surface area (Å²) in [5.41, 5.74) is 1.06. The second-order valence-corrected chi connectivity index (χ2v) is 4.32. The summed E-state index contributed by atoms with van der Waals surface area (Å²) in [6.45, 7) is 1.66. The Morgan fingerprint density at radius 2 is 2.15 bits per heavy atom. The van der Waals surface area contributed by atoms with Crippen LogP contribution in [0.25, 0.3) is 0 Å². The van der Waals surface area contributed by atoms with Crippen LogP contribution >= 0.6 is 11.6 Å². The van der Waals surface area contributed by atoms with Gasteiger partial charge in [-0.25, -0.2) is 4.98 Å². The van der Waals surface area contributed by atoms with Gasteiger partial charge in [0.15, 0.2) is 0 Å². The summed E-state index contributed by atoms with van der Waals surface area (Å²) in [5.74, 6) is -0.489. The van der Waals surface area contributed by atoms with Crippen molar-refractivity contribution in [3.05, 3.63) is 57.1 Å². The molecule has 0 aliphatic heterocycles. The zero-order valence-electron chi connectivity index (χ0n) is 10.3. The van der Waals surface area contributed by atoms with Gasteiger partial charge in [-0.1, -0.05) is 11.6 Å². The third-order valence-electron chi connectivity index (χ3n) is 2.51. The molecule has 102 valence electrons. The molecule has 0 bridgehead atoms. The molecule has 0 saturated carbocycles. The van der Waals surface area contributed by atoms with Gasteiger partial charge in [0.25, 0.3) is 11.6 Å². The van der Waals surface area contributed by atoms with E-state index in [9.17, 15) is 14.9 Å². The molecule has 0 saturated heterocycles. The summed E-state index contributed by atoms with van der Waals surface area (Å²) in [5, 5.41) is 13.3. The molecular weight excluding hydrogens is 284 g/mol. The number of hydrogen-bond donors (Lipinski definition) is 1. The summed E-state index contributed by atoms with van der Waals surface area (Å²) in [4.78, 5) is 29.7. The lowest BCUT2D eigenvalue weighted by atomic mass is 10.1. The fourth-order valence-corrected chi connectivity index (χ4v) is 1.69. The van der Waals surface area contributed by atoms with Crippen molar-refractivity contribution in [2.24, 2.45) is 0 Å². The number of nitrogens with one attached hydrogen (secondary N) is 1. The monoisotopic (exact) mass is 292 g/mol. The van der Waals surface area contributed by atoms with Gasteiger partial charge in [-0.05, 0) is 18.6 Å². The maximum atomic E-state index is 11.9. The SMILES string of the molecule is Cc1cc([N+](=O)[O-])ccc1NC(=O)c1cncc(Cl)n1. The van der Waals surface area contributed by atoms with Crippen LogP contribution in [0.15, 0.2) is 30.6 Å².